The highest BCUT2D eigenvalue weighted by Gasteiger charge is 2.24. The summed E-state index contributed by atoms with van der Waals surface area (Å²) < 4.78 is 32.0. The normalized spacial score (nSPS) is 16.5. The molecule has 0 aromatic heterocycles. The Kier molecular flexibility index (Phi) is 6.31. The van der Waals surface area contributed by atoms with Crippen LogP contribution in [0.25, 0.3) is 6.08 Å². The standard InChI is InChI=1S/C22H25NO4S/c1-3-23(4-2)28(25,26)19-13-9-17(10-14-19)11-16-22(24)27-21-15-12-18-7-5-6-8-20(18)21/h5-11,13-14,16,21H,3-4,12,15H2,1-2H3/b16-11+/t21-/m1/s1. The molecule has 1 aliphatic rings. The number of hydrogen-bond donors (Lipinski definition) is 0. The van der Waals surface area contributed by atoms with Crippen molar-refractivity contribution in [2.24, 2.45) is 0 Å². The molecule has 1 atom stereocenters. The molecule has 0 heterocycles. The number of hydrogen-bond acceptors (Lipinski definition) is 4. The number of benzene rings is 2. The van der Waals surface area contributed by atoms with Crippen molar-refractivity contribution in [3.63, 3.8) is 0 Å². The highest BCUT2D eigenvalue weighted by molar-refractivity contribution is 7.89. The molecule has 0 unspecified atom stereocenters. The summed E-state index contributed by atoms with van der Waals surface area (Å²) in [6.45, 7) is 4.48. The molecule has 0 bridgehead atoms. The van der Waals surface area contributed by atoms with Crippen LogP contribution in [0.15, 0.2) is 59.5 Å². The van der Waals surface area contributed by atoms with E-state index in [1.807, 2.05) is 32.0 Å². The second kappa shape index (κ2) is 8.71. The molecular weight excluding hydrogens is 374 g/mol. The highest BCUT2D eigenvalue weighted by atomic mass is 32.2. The molecule has 0 amide bonds. The van der Waals surface area contributed by atoms with Crippen LogP contribution in [0.5, 0.6) is 0 Å². The summed E-state index contributed by atoms with van der Waals surface area (Å²) in [6.07, 6.45) is 4.54. The van der Waals surface area contributed by atoms with E-state index in [0.29, 0.717) is 13.1 Å². The lowest BCUT2D eigenvalue weighted by atomic mass is 10.1. The van der Waals surface area contributed by atoms with Gasteiger partial charge in [-0.2, -0.15) is 4.31 Å². The van der Waals surface area contributed by atoms with Crippen LogP contribution in [0.4, 0.5) is 0 Å². The Morgan fingerprint density at radius 3 is 2.46 bits per heavy atom. The quantitative estimate of drug-likeness (QED) is 0.522. The fourth-order valence-electron chi connectivity index (χ4n) is 3.45. The van der Waals surface area contributed by atoms with Crippen molar-refractivity contribution in [1.29, 1.82) is 0 Å². The van der Waals surface area contributed by atoms with Gasteiger partial charge in [0, 0.05) is 19.2 Å². The summed E-state index contributed by atoms with van der Waals surface area (Å²) in [7, 11) is -3.48. The average Bonchev–Trinajstić information content (AvgIpc) is 3.10. The first-order valence-electron chi connectivity index (χ1n) is 9.52. The van der Waals surface area contributed by atoms with Crippen LogP contribution in [-0.4, -0.2) is 31.8 Å². The summed E-state index contributed by atoms with van der Waals surface area (Å²) in [6, 6.07) is 14.5. The molecule has 2 aromatic carbocycles. The van der Waals surface area contributed by atoms with Crippen LogP contribution in [0.3, 0.4) is 0 Å². The van der Waals surface area contributed by atoms with Crippen LogP contribution in [0.1, 0.15) is 43.1 Å². The zero-order valence-electron chi connectivity index (χ0n) is 16.2. The molecule has 0 N–H and O–H groups in total. The highest BCUT2D eigenvalue weighted by Crippen LogP contribution is 2.33. The molecule has 0 spiro atoms. The Morgan fingerprint density at radius 2 is 1.79 bits per heavy atom. The largest absolute Gasteiger partial charge is 0.454 e. The monoisotopic (exact) mass is 399 g/mol. The Morgan fingerprint density at radius 1 is 1.11 bits per heavy atom. The maximum absolute atomic E-state index is 12.5. The second-order valence-electron chi connectivity index (χ2n) is 6.65. The SMILES string of the molecule is CCN(CC)S(=O)(=O)c1ccc(/C=C/C(=O)O[C@@H]2CCc3ccccc32)cc1. The Labute approximate surface area is 166 Å². The number of nitrogens with zero attached hydrogens (tertiary/aromatic N) is 1. The Balaban J connectivity index is 1.64. The molecule has 0 aliphatic heterocycles. The summed E-state index contributed by atoms with van der Waals surface area (Å²) in [4.78, 5) is 12.4. The molecule has 28 heavy (non-hydrogen) atoms. The molecule has 2 aromatic rings. The third-order valence-electron chi connectivity index (χ3n) is 4.97. The fourth-order valence-corrected chi connectivity index (χ4v) is 4.91. The lowest BCUT2D eigenvalue weighted by Crippen LogP contribution is -2.30. The van der Waals surface area contributed by atoms with Gasteiger partial charge in [0.05, 0.1) is 4.90 Å². The van der Waals surface area contributed by atoms with Gasteiger partial charge in [-0.15, -0.1) is 0 Å². The number of rotatable bonds is 7. The molecule has 6 heteroatoms. The minimum absolute atomic E-state index is 0.199. The van der Waals surface area contributed by atoms with E-state index in [-0.39, 0.29) is 11.0 Å². The Hall–Kier alpha value is -2.44. The van der Waals surface area contributed by atoms with Crippen molar-refractivity contribution in [2.75, 3.05) is 13.1 Å². The van der Waals surface area contributed by atoms with Crippen molar-refractivity contribution < 1.29 is 17.9 Å². The van der Waals surface area contributed by atoms with E-state index in [4.69, 9.17) is 4.74 Å². The lowest BCUT2D eigenvalue weighted by Gasteiger charge is -2.18. The van der Waals surface area contributed by atoms with E-state index < -0.39 is 16.0 Å². The van der Waals surface area contributed by atoms with Crippen molar-refractivity contribution in [3.8, 4) is 0 Å². The number of esters is 1. The average molecular weight is 400 g/mol. The predicted molar refractivity (Wildman–Crippen MR) is 109 cm³/mol. The third-order valence-corrected chi connectivity index (χ3v) is 7.04. The van der Waals surface area contributed by atoms with Gasteiger partial charge in [0.25, 0.3) is 0 Å². The van der Waals surface area contributed by atoms with Gasteiger partial charge in [0.1, 0.15) is 6.10 Å². The molecule has 5 nitrogen and oxygen atoms in total. The van der Waals surface area contributed by atoms with Crippen LogP contribution < -0.4 is 0 Å². The Bertz CT molecular complexity index is 960. The van der Waals surface area contributed by atoms with E-state index in [9.17, 15) is 13.2 Å². The van der Waals surface area contributed by atoms with E-state index in [1.165, 1.54) is 15.9 Å². The van der Waals surface area contributed by atoms with Crippen LogP contribution in [0, 0.1) is 0 Å². The number of carbonyl (C=O) groups is 1. The van der Waals surface area contributed by atoms with Gasteiger partial charge in [-0.05, 0) is 47.7 Å². The van der Waals surface area contributed by atoms with Gasteiger partial charge in [0.2, 0.25) is 10.0 Å². The molecule has 1 aliphatic carbocycles. The van der Waals surface area contributed by atoms with Gasteiger partial charge in [-0.3, -0.25) is 0 Å². The van der Waals surface area contributed by atoms with Gasteiger partial charge in [-0.25, -0.2) is 13.2 Å². The van der Waals surface area contributed by atoms with Crippen LogP contribution >= 0.6 is 0 Å². The third kappa shape index (κ3) is 4.34. The number of fused-ring (bicyclic) bond motifs is 1. The first-order chi connectivity index (χ1) is 13.5. The van der Waals surface area contributed by atoms with Gasteiger partial charge in [-0.1, -0.05) is 50.2 Å². The number of ether oxygens (including phenoxy) is 1. The molecule has 0 saturated carbocycles. The van der Waals surface area contributed by atoms with E-state index in [1.54, 1.807) is 30.3 Å². The predicted octanol–water partition coefficient (Wildman–Crippen LogP) is 3.96. The number of aryl methyl sites for hydroxylation is 1. The summed E-state index contributed by atoms with van der Waals surface area (Å²) in [5, 5.41) is 0. The lowest BCUT2D eigenvalue weighted by molar-refractivity contribution is -0.143. The van der Waals surface area contributed by atoms with E-state index in [0.717, 1.165) is 24.0 Å². The molecule has 3 rings (SSSR count). The first-order valence-corrected chi connectivity index (χ1v) is 11.0. The summed E-state index contributed by atoms with van der Waals surface area (Å²) in [5.41, 5.74) is 3.05. The number of carbonyl (C=O) groups excluding carboxylic acids is 1. The van der Waals surface area contributed by atoms with Crippen molar-refractivity contribution in [3.05, 3.63) is 71.3 Å². The molecule has 148 valence electrons. The first kappa shape index (κ1) is 20.3. The summed E-state index contributed by atoms with van der Waals surface area (Å²) >= 11 is 0. The van der Waals surface area contributed by atoms with Gasteiger partial charge in [0.15, 0.2) is 0 Å². The van der Waals surface area contributed by atoms with Crippen LogP contribution in [0.2, 0.25) is 0 Å². The molecular formula is C22H25NO4S. The maximum atomic E-state index is 12.5. The van der Waals surface area contributed by atoms with E-state index >= 15 is 0 Å². The molecule has 0 radical (unpaired) electrons. The zero-order chi connectivity index (χ0) is 20.1. The van der Waals surface area contributed by atoms with Gasteiger partial charge >= 0.3 is 5.97 Å². The van der Waals surface area contributed by atoms with Gasteiger partial charge < -0.3 is 4.74 Å². The molecule has 0 saturated heterocycles. The summed E-state index contributed by atoms with van der Waals surface area (Å²) in [5.74, 6) is -0.401. The number of sulfonamides is 1. The van der Waals surface area contributed by atoms with Crippen LogP contribution in [-0.2, 0) is 26.0 Å². The fraction of sp³-hybridized carbons (Fsp3) is 0.318. The molecule has 0 fully saturated rings. The van der Waals surface area contributed by atoms with Crippen molar-refractivity contribution in [2.45, 2.75) is 37.7 Å². The topological polar surface area (TPSA) is 63.7 Å². The maximum Gasteiger partial charge on any atom is 0.331 e. The minimum Gasteiger partial charge on any atom is -0.454 e. The van der Waals surface area contributed by atoms with Crippen molar-refractivity contribution >= 4 is 22.1 Å². The van der Waals surface area contributed by atoms with E-state index in [2.05, 4.69) is 6.07 Å². The zero-order valence-corrected chi connectivity index (χ0v) is 17.0. The smallest absolute Gasteiger partial charge is 0.331 e. The minimum atomic E-state index is -3.48. The van der Waals surface area contributed by atoms with Crippen molar-refractivity contribution in [1.82, 2.24) is 4.31 Å². The second-order valence-corrected chi connectivity index (χ2v) is 8.59.